The molecule has 5 heteroatoms. The van der Waals surface area contributed by atoms with Crippen LogP contribution in [0.25, 0.3) is 11.3 Å². The smallest absolute Gasteiger partial charge is 0.162 e. The molecule has 0 saturated carbocycles. The summed E-state index contributed by atoms with van der Waals surface area (Å²) in [7, 11) is 0. The fraction of sp³-hybridized carbons (Fsp3) is 0.368. The summed E-state index contributed by atoms with van der Waals surface area (Å²) in [6, 6.07) is 6.19. The van der Waals surface area contributed by atoms with E-state index in [1.54, 1.807) is 6.92 Å². The van der Waals surface area contributed by atoms with Crippen LogP contribution in [0.4, 0.5) is 0 Å². The van der Waals surface area contributed by atoms with Gasteiger partial charge in [-0.25, -0.2) is 0 Å². The summed E-state index contributed by atoms with van der Waals surface area (Å²) in [5, 5.41) is 0.596. The minimum Gasteiger partial charge on any atom is -0.492 e. The number of halogens is 1. The highest BCUT2D eigenvalue weighted by molar-refractivity contribution is 7.71. The Labute approximate surface area is 152 Å². The van der Waals surface area contributed by atoms with E-state index in [0.29, 0.717) is 21.7 Å². The Morgan fingerprint density at radius 3 is 2.75 bits per heavy atom. The Bertz CT molecular complexity index is 872. The normalized spacial score (nSPS) is 15.6. The minimum atomic E-state index is 0.000626. The van der Waals surface area contributed by atoms with Crippen molar-refractivity contribution in [3.05, 3.63) is 45.1 Å². The molecule has 0 N–H and O–H groups in total. The third kappa shape index (κ3) is 2.89. The molecule has 126 valence electrons. The fourth-order valence-electron chi connectivity index (χ4n) is 3.29. The summed E-state index contributed by atoms with van der Waals surface area (Å²) in [5.74, 6) is 0.723. The van der Waals surface area contributed by atoms with Crippen molar-refractivity contribution in [2.45, 2.75) is 39.7 Å². The molecular weight excluding hydrogens is 342 g/mol. The highest BCUT2D eigenvalue weighted by Crippen LogP contribution is 2.41. The fourth-order valence-corrected chi connectivity index (χ4v) is 3.82. The van der Waals surface area contributed by atoms with Gasteiger partial charge in [-0.15, -0.1) is 0 Å². The number of fused-ring (bicyclic) bond motifs is 3. The van der Waals surface area contributed by atoms with Crippen molar-refractivity contribution in [2.24, 2.45) is 0 Å². The number of aromatic nitrogens is 1. The van der Waals surface area contributed by atoms with Gasteiger partial charge >= 0.3 is 0 Å². The third-order valence-corrected chi connectivity index (χ3v) is 5.15. The van der Waals surface area contributed by atoms with Gasteiger partial charge in [-0.3, -0.25) is 4.79 Å². The van der Waals surface area contributed by atoms with Gasteiger partial charge < -0.3 is 9.30 Å². The molecule has 2 aromatic rings. The van der Waals surface area contributed by atoms with E-state index in [1.807, 2.05) is 31.3 Å². The number of benzene rings is 1. The zero-order valence-corrected chi connectivity index (χ0v) is 15.6. The zero-order chi connectivity index (χ0) is 17.4. The Kier molecular flexibility index (Phi) is 4.79. The summed E-state index contributed by atoms with van der Waals surface area (Å²) in [6.45, 7) is 6.24. The quantitative estimate of drug-likeness (QED) is 0.521. The maximum atomic E-state index is 11.8. The lowest BCUT2D eigenvalue weighted by molar-refractivity contribution is 0.101. The zero-order valence-electron chi connectivity index (χ0n) is 14.1. The summed E-state index contributed by atoms with van der Waals surface area (Å²) in [5.41, 5.74) is 3.89. The van der Waals surface area contributed by atoms with Crippen LogP contribution >= 0.6 is 23.8 Å². The van der Waals surface area contributed by atoms with Gasteiger partial charge in [-0.2, -0.15) is 0 Å². The molecule has 1 unspecified atom stereocenters. The number of ketones is 1. The molecule has 0 saturated heterocycles. The molecule has 1 atom stereocenters. The van der Waals surface area contributed by atoms with Crippen LogP contribution in [0.5, 0.6) is 5.75 Å². The molecule has 0 spiro atoms. The number of hydrogen-bond donors (Lipinski definition) is 0. The number of rotatable bonds is 4. The third-order valence-electron chi connectivity index (χ3n) is 4.51. The number of pyridine rings is 1. The van der Waals surface area contributed by atoms with Gasteiger partial charge in [0.2, 0.25) is 0 Å². The first kappa shape index (κ1) is 17.2. The molecule has 24 heavy (non-hydrogen) atoms. The second-order valence-corrected chi connectivity index (χ2v) is 6.89. The summed E-state index contributed by atoms with van der Waals surface area (Å²) in [4.78, 5) is 11.8. The van der Waals surface area contributed by atoms with E-state index >= 15 is 0 Å². The largest absolute Gasteiger partial charge is 0.492 e. The van der Waals surface area contributed by atoms with E-state index in [0.717, 1.165) is 29.8 Å². The first-order valence-corrected chi connectivity index (χ1v) is 8.97. The van der Waals surface area contributed by atoms with Gasteiger partial charge in [0, 0.05) is 17.8 Å². The molecule has 0 radical (unpaired) electrons. The number of hydrogen-bond acceptors (Lipinski definition) is 3. The van der Waals surface area contributed by atoms with Crippen LogP contribution in [-0.4, -0.2) is 17.0 Å². The van der Waals surface area contributed by atoms with E-state index < -0.39 is 0 Å². The molecule has 1 aliphatic rings. The number of ether oxygens (including phenoxy) is 1. The van der Waals surface area contributed by atoms with Crippen molar-refractivity contribution in [1.82, 2.24) is 4.57 Å². The first-order valence-electron chi connectivity index (χ1n) is 8.19. The van der Waals surface area contributed by atoms with Crippen molar-refractivity contribution in [3.63, 3.8) is 0 Å². The monoisotopic (exact) mass is 361 g/mol. The van der Waals surface area contributed by atoms with Crippen LogP contribution in [0.1, 0.15) is 49.2 Å². The van der Waals surface area contributed by atoms with Crippen LogP contribution in [0.15, 0.2) is 24.4 Å². The highest BCUT2D eigenvalue weighted by Gasteiger charge is 2.25. The molecule has 2 heterocycles. The van der Waals surface area contributed by atoms with Crippen molar-refractivity contribution >= 4 is 29.6 Å². The average molecular weight is 362 g/mol. The van der Waals surface area contributed by atoms with E-state index in [4.69, 9.17) is 28.6 Å². The molecule has 0 fully saturated rings. The Balaban J connectivity index is 2.24. The second-order valence-electron chi connectivity index (χ2n) is 6.04. The highest BCUT2D eigenvalue weighted by atomic mass is 35.5. The number of Topliss-reactive ketones (excluding diaryl/α,β-unsaturated/α-hetero) is 1. The van der Waals surface area contributed by atoms with Crippen molar-refractivity contribution in [2.75, 3.05) is 6.61 Å². The van der Waals surface area contributed by atoms with Gasteiger partial charge in [-0.1, -0.05) is 30.7 Å². The number of carbonyl (C=O) groups is 1. The topological polar surface area (TPSA) is 31.2 Å². The number of nitrogens with zero attached hydrogens (tertiary/aromatic N) is 1. The van der Waals surface area contributed by atoms with Gasteiger partial charge in [0.15, 0.2) is 5.78 Å². The van der Waals surface area contributed by atoms with Crippen molar-refractivity contribution in [3.8, 4) is 17.0 Å². The van der Waals surface area contributed by atoms with Crippen molar-refractivity contribution < 1.29 is 9.53 Å². The summed E-state index contributed by atoms with van der Waals surface area (Å²) < 4.78 is 8.39. The minimum absolute atomic E-state index is 0.000626. The SMILES string of the molecule is CCOc1cc2c(cc1Cl)-c1cc(=S)c(C(C)=O)cn1C(CC)C2. The molecule has 1 aliphatic heterocycles. The predicted molar refractivity (Wildman–Crippen MR) is 99.9 cm³/mol. The lowest BCUT2D eigenvalue weighted by Crippen LogP contribution is -2.20. The van der Waals surface area contributed by atoms with Gasteiger partial charge in [0.1, 0.15) is 5.75 Å². The van der Waals surface area contributed by atoms with Crippen LogP contribution in [-0.2, 0) is 6.42 Å². The predicted octanol–water partition coefficient (Wildman–Crippen LogP) is 5.65. The van der Waals surface area contributed by atoms with E-state index in [-0.39, 0.29) is 11.8 Å². The lowest BCUT2D eigenvalue weighted by atomic mass is 9.91. The Hall–Kier alpha value is -1.65. The second kappa shape index (κ2) is 6.69. The van der Waals surface area contributed by atoms with E-state index in [9.17, 15) is 4.79 Å². The average Bonchev–Trinajstić information content (AvgIpc) is 2.54. The van der Waals surface area contributed by atoms with Crippen molar-refractivity contribution in [1.29, 1.82) is 0 Å². The van der Waals surface area contributed by atoms with Crippen LogP contribution in [0.3, 0.4) is 0 Å². The molecular formula is C19H20ClNO2S. The van der Waals surface area contributed by atoms with Crippen LogP contribution in [0, 0.1) is 4.51 Å². The van der Waals surface area contributed by atoms with E-state index in [2.05, 4.69) is 11.5 Å². The molecule has 1 aromatic carbocycles. The Morgan fingerprint density at radius 2 is 2.12 bits per heavy atom. The Morgan fingerprint density at radius 1 is 1.38 bits per heavy atom. The van der Waals surface area contributed by atoms with Crippen LogP contribution in [0.2, 0.25) is 5.02 Å². The summed E-state index contributed by atoms with van der Waals surface area (Å²) >= 11 is 11.8. The standard InChI is InChI=1S/C19H20ClNO2S/c1-4-13-6-12-7-18(23-5-2)16(20)8-14(12)17-9-19(24)15(11(3)22)10-21(13)17/h7-10,13H,4-6H2,1-3H3. The van der Waals surface area contributed by atoms with E-state index in [1.165, 1.54) is 5.56 Å². The molecule has 1 aromatic heterocycles. The summed E-state index contributed by atoms with van der Waals surface area (Å²) in [6.07, 6.45) is 3.76. The van der Waals surface area contributed by atoms with Crippen LogP contribution < -0.4 is 4.74 Å². The molecule has 3 nitrogen and oxygen atoms in total. The molecule has 0 amide bonds. The maximum Gasteiger partial charge on any atom is 0.162 e. The number of carbonyl (C=O) groups excluding carboxylic acids is 1. The maximum absolute atomic E-state index is 11.8. The molecule has 0 bridgehead atoms. The first-order chi connectivity index (χ1) is 11.5. The molecule has 0 aliphatic carbocycles. The molecule has 3 rings (SSSR count). The lowest BCUT2D eigenvalue weighted by Gasteiger charge is -2.31. The van der Waals surface area contributed by atoms with Gasteiger partial charge in [0.05, 0.1) is 27.4 Å². The van der Waals surface area contributed by atoms with Gasteiger partial charge in [-0.05, 0) is 50.5 Å². The van der Waals surface area contributed by atoms with Gasteiger partial charge in [0.25, 0.3) is 0 Å².